The fourth-order valence-electron chi connectivity index (χ4n) is 1.59. The number of aromatic nitrogens is 4. The summed E-state index contributed by atoms with van der Waals surface area (Å²) >= 11 is 26.3. The average molecular weight is 444 g/mol. The van der Waals surface area contributed by atoms with Crippen LogP contribution in [0.5, 0.6) is 11.5 Å². The van der Waals surface area contributed by atoms with E-state index in [0.717, 1.165) is 23.1 Å². The Hall–Kier alpha value is -0.900. The fraction of sp³-hybridized carbons (Fsp3) is 0.167. The number of hydrogen-bond acceptors (Lipinski definition) is 8. The zero-order chi connectivity index (χ0) is 17.1. The molecule has 0 aliphatic heterocycles. The Kier molecular flexibility index (Phi) is 5.96. The van der Waals surface area contributed by atoms with Crippen molar-refractivity contribution in [1.29, 1.82) is 0 Å². The van der Waals surface area contributed by atoms with Gasteiger partial charge in [0.2, 0.25) is 0 Å². The highest BCUT2D eigenvalue weighted by molar-refractivity contribution is 7.10. The second-order valence-electron chi connectivity index (χ2n) is 4.28. The van der Waals surface area contributed by atoms with Gasteiger partial charge < -0.3 is 9.47 Å². The summed E-state index contributed by atoms with van der Waals surface area (Å²) in [5.74, 6) is 0.755. The number of hydrogen-bond donors (Lipinski definition) is 0. The van der Waals surface area contributed by atoms with Gasteiger partial charge in [-0.3, -0.25) is 0 Å². The van der Waals surface area contributed by atoms with E-state index >= 15 is 0 Å². The highest BCUT2D eigenvalue weighted by atomic mass is 35.5. The molecule has 0 saturated carbocycles. The summed E-state index contributed by atoms with van der Waals surface area (Å²) in [5.41, 5.74) is 1.05. The molecule has 24 heavy (non-hydrogen) atoms. The smallest absolute Gasteiger partial charge is 0.142 e. The maximum absolute atomic E-state index is 6.13. The highest BCUT2D eigenvalue weighted by Gasteiger charge is 2.14. The zero-order valence-corrected chi connectivity index (χ0v) is 16.2. The third-order valence-electron chi connectivity index (χ3n) is 2.73. The number of nitrogens with zero attached hydrogens (tertiary/aromatic N) is 4. The van der Waals surface area contributed by atoms with Gasteiger partial charge in [-0.15, -0.1) is 10.2 Å². The Morgan fingerprint density at radius 3 is 1.58 bits per heavy atom. The molecule has 0 atom stereocenters. The molecule has 0 aliphatic carbocycles. The van der Waals surface area contributed by atoms with Gasteiger partial charge in [0.05, 0.1) is 10.0 Å². The molecule has 126 valence electrons. The first-order valence-corrected chi connectivity index (χ1v) is 9.28. The average Bonchev–Trinajstić information content (AvgIpc) is 3.14. The molecule has 0 amide bonds. The van der Waals surface area contributed by atoms with Crippen LogP contribution in [0.2, 0.25) is 18.7 Å². The molecule has 0 saturated heterocycles. The lowest BCUT2D eigenvalue weighted by Crippen LogP contribution is -2.00. The minimum absolute atomic E-state index is 0.123. The first-order valence-electron chi connectivity index (χ1n) is 6.22. The third kappa shape index (κ3) is 4.19. The maximum Gasteiger partial charge on any atom is 0.142 e. The molecule has 0 aliphatic rings. The van der Waals surface area contributed by atoms with E-state index in [-0.39, 0.29) is 13.2 Å². The minimum Gasteiger partial charge on any atom is -0.485 e. The summed E-state index contributed by atoms with van der Waals surface area (Å²) in [6, 6.07) is 3.10. The Balaban J connectivity index is 1.73. The minimum atomic E-state index is 0.123. The van der Waals surface area contributed by atoms with E-state index in [1.54, 1.807) is 6.07 Å². The topological polar surface area (TPSA) is 70.0 Å². The van der Waals surface area contributed by atoms with Crippen molar-refractivity contribution in [2.24, 2.45) is 0 Å². The summed E-state index contributed by atoms with van der Waals surface area (Å²) in [6.07, 6.45) is 0. The van der Waals surface area contributed by atoms with E-state index in [4.69, 9.17) is 55.9 Å². The van der Waals surface area contributed by atoms with Crippen molar-refractivity contribution in [3.8, 4) is 11.5 Å². The van der Waals surface area contributed by atoms with E-state index in [2.05, 4.69) is 19.2 Å². The number of benzene rings is 1. The van der Waals surface area contributed by atoms with Crippen molar-refractivity contribution >= 4 is 69.5 Å². The molecule has 2 aromatic heterocycles. The Bertz CT molecular complexity index is 792. The van der Waals surface area contributed by atoms with Crippen LogP contribution < -0.4 is 9.47 Å². The van der Waals surface area contributed by atoms with E-state index in [1.807, 2.05) is 0 Å². The summed E-state index contributed by atoms with van der Waals surface area (Å²) < 4.78 is 19.6. The van der Waals surface area contributed by atoms with E-state index in [9.17, 15) is 0 Å². The van der Waals surface area contributed by atoms with E-state index in [1.165, 1.54) is 6.07 Å². The molecular weight excluding hydrogens is 438 g/mol. The van der Waals surface area contributed by atoms with Crippen LogP contribution in [0.25, 0.3) is 0 Å². The predicted octanol–water partition coefficient (Wildman–Crippen LogP) is 5.16. The van der Waals surface area contributed by atoms with Gasteiger partial charge in [-0.25, -0.2) is 0 Å². The van der Waals surface area contributed by atoms with Gasteiger partial charge in [-0.05, 0) is 6.07 Å². The fourth-order valence-corrected chi connectivity index (χ4v) is 3.28. The molecule has 3 rings (SSSR count). The molecule has 0 unspecified atom stereocenters. The van der Waals surface area contributed by atoms with Gasteiger partial charge in [0.15, 0.2) is 0 Å². The van der Waals surface area contributed by atoms with E-state index in [0.29, 0.717) is 41.6 Å². The van der Waals surface area contributed by atoms with Gasteiger partial charge in [0.1, 0.15) is 44.8 Å². The van der Waals surface area contributed by atoms with Crippen LogP contribution in [0, 0.1) is 0 Å². The van der Waals surface area contributed by atoms with E-state index < -0.39 is 0 Å². The Morgan fingerprint density at radius 1 is 0.750 bits per heavy atom. The second kappa shape index (κ2) is 7.99. The van der Waals surface area contributed by atoms with Crippen molar-refractivity contribution < 1.29 is 9.47 Å². The van der Waals surface area contributed by atoms with Gasteiger partial charge in [-0.2, -0.15) is 0 Å². The van der Waals surface area contributed by atoms with Crippen LogP contribution in [-0.2, 0) is 13.2 Å². The Labute approximate surface area is 164 Å². The zero-order valence-electron chi connectivity index (χ0n) is 11.5. The molecule has 0 spiro atoms. The summed E-state index contributed by atoms with van der Waals surface area (Å²) in [7, 11) is 0. The quantitative estimate of drug-likeness (QED) is 0.523. The van der Waals surface area contributed by atoms with Crippen molar-refractivity contribution in [3.63, 3.8) is 0 Å². The Morgan fingerprint density at radius 2 is 1.21 bits per heavy atom. The SMILES string of the molecule is Clc1cc(Cl)c(OCc2nnsc2Cl)cc1OCc1nnsc1Cl. The van der Waals surface area contributed by atoms with Crippen LogP contribution in [0.3, 0.4) is 0 Å². The van der Waals surface area contributed by atoms with Gasteiger partial charge in [0, 0.05) is 29.1 Å². The molecule has 0 fully saturated rings. The van der Waals surface area contributed by atoms with Crippen LogP contribution >= 0.6 is 69.5 Å². The molecular formula is C12H6Cl4N4O2S2. The molecule has 0 bridgehead atoms. The van der Waals surface area contributed by atoms with Crippen molar-refractivity contribution in [2.75, 3.05) is 0 Å². The predicted molar refractivity (Wildman–Crippen MR) is 95.0 cm³/mol. The lowest BCUT2D eigenvalue weighted by Gasteiger charge is -2.11. The van der Waals surface area contributed by atoms with Gasteiger partial charge in [-0.1, -0.05) is 55.4 Å². The first-order chi connectivity index (χ1) is 11.5. The molecule has 1 aromatic carbocycles. The van der Waals surface area contributed by atoms with Crippen molar-refractivity contribution in [1.82, 2.24) is 19.2 Å². The van der Waals surface area contributed by atoms with Crippen LogP contribution in [0.4, 0.5) is 0 Å². The number of rotatable bonds is 6. The molecule has 0 N–H and O–H groups in total. The van der Waals surface area contributed by atoms with Gasteiger partial charge in [0.25, 0.3) is 0 Å². The first kappa shape index (κ1) is 17.9. The van der Waals surface area contributed by atoms with Crippen LogP contribution in [-0.4, -0.2) is 19.2 Å². The molecule has 2 heterocycles. The highest BCUT2D eigenvalue weighted by Crippen LogP contribution is 2.37. The number of halogens is 4. The molecule has 0 radical (unpaired) electrons. The largest absolute Gasteiger partial charge is 0.485 e. The van der Waals surface area contributed by atoms with Gasteiger partial charge >= 0.3 is 0 Å². The summed E-state index contributed by atoms with van der Waals surface area (Å²) in [4.78, 5) is 0. The lowest BCUT2D eigenvalue weighted by molar-refractivity contribution is 0.285. The monoisotopic (exact) mass is 442 g/mol. The maximum atomic E-state index is 6.13. The molecule has 3 aromatic rings. The molecule has 12 heteroatoms. The van der Waals surface area contributed by atoms with Crippen LogP contribution in [0.1, 0.15) is 11.4 Å². The van der Waals surface area contributed by atoms with Crippen molar-refractivity contribution in [3.05, 3.63) is 42.2 Å². The van der Waals surface area contributed by atoms with Crippen LogP contribution in [0.15, 0.2) is 12.1 Å². The number of ether oxygens (including phenoxy) is 2. The van der Waals surface area contributed by atoms with Crippen molar-refractivity contribution in [2.45, 2.75) is 13.2 Å². The lowest BCUT2D eigenvalue weighted by atomic mass is 10.3. The summed E-state index contributed by atoms with van der Waals surface area (Å²) in [5, 5.41) is 8.39. The second-order valence-corrected chi connectivity index (χ2v) is 7.80. The summed E-state index contributed by atoms with van der Waals surface area (Å²) in [6.45, 7) is 0.246. The normalized spacial score (nSPS) is 10.8. The standard InChI is InChI=1S/C12H6Cl4N4O2S2/c13-5-1-6(14)10(22-4-8-12(16)24-20-18-8)2-9(5)21-3-7-11(15)23-19-17-7/h1-2H,3-4H2. The third-order valence-corrected chi connectivity index (χ3v) is 5.29. The molecule has 6 nitrogen and oxygen atoms in total.